The Bertz CT molecular complexity index is 3710. The molecule has 0 aromatic heterocycles. The zero-order chi connectivity index (χ0) is 87.0. The second kappa shape index (κ2) is 60.8. The summed E-state index contributed by atoms with van der Waals surface area (Å²) < 4.78 is 52.3. The monoisotopic (exact) mass is 1710 g/mol. The Morgan fingerprint density at radius 3 is 1.68 bits per heavy atom. The van der Waals surface area contributed by atoms with E-state index in [0.717, 1.165) is 89.5 Å². The molecule has 5 amide bonds. The molecule has 3 aliphatic rings. The summed E-state index contributed by atoms with van der Waals surface area (Å²) in [6.45, 7) is 21.8. The number of Topliss-reactive ketones (excluding diaryl/α,β-unsaturated/α-hetero) is 1. The van der Waals surface area contributed by atoms with E-state index in [1.54, 1.807) is 0 Å². The third-order valence-corrected chi connectivity index (χ3v) is 22.5. The van der Waals surface area contributed by atoms with Crippen molar-refractivity contribution in [2.75, 3.05) is 186 Å². The highest BCUT2D eigenvalue weighted by Gasteiger charge is 2.44. The average Bonchev–Trinajstić information content (AvgIpc) is 1.60. The number of thioether (sulfide) groups is 1. The number of aliphatic hydroxyl groups is 1. The lowest BCUT2D eigenvalue weighted by molar-refractivity contribution is -0.437. The van der Waals surface area contributed by atoms with Crippen LogP contribution in [0.4, 0.5) is 17.1 Å². The molecule has 0 radical (unpaired) electrons. The molecule has 0 saturated carbocycles. The number of amides is 5. The van der Waals surface area contributed by atoms with Crippen molar-refractivity contribution in [2.24, 2.45) is 5.73 Å². The third-order valence-electron chi connectivity index (χ3n) is 21.5. The largest absolute Gasteiger partial charge is 0.465 e. The number of anilines is 2. The summed E-state index contributed by atoms with van der Waals surface area (Å²) in [5.74, 6) is -3.95. The molecule has 0 unspecified atom stereocenters. The van der Waals surface area contributed by atoms with Crippen molar-refractivity contribution in [3.05, 3.63) is 131 Å². The van der Waals surface area contributed by atoms with Crippen molar-refractivity contribution >= 4 is 81.4 Å². The first kappa shape index (κ1) is 102. The second-order valence-corrected chi connectivity index (χ2v) is 33.0. The quantitative estimate of drug-likeness (QED) is 0.0148. The molecule has 3 aromatic carbocycles. The van der Waals surface area contributed by atoms with E-state index >= 15 is 0 Å². The van der Waals surface area contributed by atoms with Crippen molar-refractivity contribution in [3.8, 4) is 0 Å². The fourth-order valence-electron chi connectivity index (χ4n) is 15.0. The number of rotatable bonds is 69. The highest BCUT2D eigenvalue weighted by Crippen LogP contribution is 2.48. The highest BCUT2D eigenvalue weighted by atomic mass is 32.2. The summed E-state index contributed by atoms with van der Waals surface area (Å²) in [5, 5.41) is 26.3. The van der Waals surface area contributed by atoms with Gasteiger partial charge in [0.2, 0.25) is 35.2 Å². The van der Waals surface area contributed by atoms with E-state index < -0.39 is 87.0 Å². The molecule has 121 heavy (non-hydrogen) atoms. The number of allylic oxidation sites excluding steroid dienone is 8. The van der Waals surface area contributed by atoms with Gasteiger partial charge >= 0.3 is 5.97 Å². The summed E-state index contributed by atoms with van der Waals surface area (Å²) in [7, 11) is 0. The van der Waals surface area contributed by atoms with Crippen LogP contribution in [0, 0.1) is 0 Å². The smallest absolute Gasteiger partial charge is 0.305 e. The Kier molecular flexibility index (Phi) is 51.3. The first-order valence-corrected chi connectivity index (χ1v) is 45.9. The average molecular weight is 1710 g/mol. The lowest BCUT2D eigenvalue weighted by atomic mass is 9.79. The number of hydrogen-bond acceptors (Lipinski definition) is 21. The first-order valence-electron chi connectivity index (χ1n) is 44.8. The Balaban J connectivity index is 0.848. The molecule has 1 aliphatic carbocycles. The van der Waals surface area contributed by atoms with Gasteiger partial charge in [-0.05, 0) is 131 Å². The minimum Gasteiger partial charge on any atom is -0.465 e. The molecular weight excluding hydrogens is 1560 g/mol. The maximum absolute atomic E-state index is 13.5. The number of benzene rings is 3. The van der Waals surface area contributed by atoms with Crippen LogP contribution in [-0.4, -0.2) is 245 Å². The van der Waals surface area contributed by atoms with Crippen LogP contribution in [0.25, 0.3) is 5.57 Å². The Hall–Kier alpha value is -7.67. The lowest BCUT2D eigenvalue weighted by Gasteiger charge is -2.27. The molecular formula is C94H146N9O17S+. The number of carbonyl (C=O) groups is 7. The molecule has 0 saturated heterocycles. The van der Waals surface area contributed by atoms with Gasteiger partial charge in [-0.3, -0.25) is 33.6 Å². The van der Waals surface area contributed by atoms with E-state index in [0.29, 0.717) is 124 Å². The Labute approximate surface area is 725 Å². The summed E-state index contributed by atoms with van der Waals surface area (Å²) in [5.41, 5.74) is 19.5. The number of nitrogens with zero attached hydrogens (tertiary/aromatic N) is 2. The van der Waals surface area contributed by atoms with Gasteiger partial charge in [-0.15, -0.1) is 0 Å². The van der Waals surface area contributed by atoms with E-state index in [1.807, 2.05) is 0 Å². The van der Waals surface area contributed by atoms with Gasteiger partial charge < -0.3 is 90.3 Å². The number of ether oxygens (including phenoxy) is 9. The molecule has 0 spiro atoms. The van der Waals surface area contributed by atoms with Crippen molar-refractivity contribution in [1.29, 1.82) is 0 Å². The maximum atomic E-state index is 13.5. The first-order chi connectivity index (χ1) is 58.9. The van der Waals surface area contributed by atoms with Gasteiger partial charge in [0.15, 0.2) is 11.5 Å². The summed E-state index contributed by atoms with van der Waals surface area (Å²) in [6.07, 6.45) is 32.3. The van der Waals surface area contributed by atoms with E-state index in [4.69, 9.17) is 48.4 Å². The Morgan fingerprint density at radius 1 is 0.537 bits per heavy atom. The van der Waals surface area contributed by atoms with E-state index in [2.05, 4.69) is 187 Å². The number of hydrogen-bond donors (Lipinski definition) is 8. The number of aliphatic hydroxyl groups excluding tert-OH is 1. The second-order valence-electron chi connectivity index (χ2n) is 31.9. The lowest BCUT2D eigenvalue weighted by Crippen LogP contribution is -2.53. The zero-order valence-corrected chi connectivity index (χ0v) is 74.7. The molecule has 2 heterocycles. The SMILES string of the molecule is CCCCCCCCCCCCCCCC(=O)OCCSC[C@H](NC(=O)COCC(=O)NCCCOCCOCCOCCCNc1ccc(C2=C(/C=C/C3=[N+](CCC)c4ccccc4C3(C)C)CCC/C2=C\C=C2\N(CC)c3ccccc3C2(C)C)cc1)C(=O)NCC(=O)N[C@H](CO)C(=O)COCC(=O)NCCCOCCOCCOCCCN. The number of nitrogens with one attached hydrogen (secondary N) is 6. The number of fused-ring (bicyclic) bond motifs is 2. The van der Waals surface area contributed by atoms with Crippen LogP contribution < -0.4 is 42.5 Å². The number of nitrogens with two attached hydrogens (primary N) is 1. The van der Waals surface area contributed by atoms with Gasteiger partial charge in [0.25, 0.3) is 0 Å². The van der Waals surface area contributed by atoms with Gasteiger partial charge in [0.1, 0.15) is 51.7 Å². The molecule has 0 bridgehead atoms. The van der Waals surface area contributed by atoms with Gasteiger partial charge in [-0.25, -0.2) is 0 Å². The normalized spacial score (nSPS) is 15.3. The van der Waals surface area contributed by atoms with E-state index in [-0.39, 0.29) is 29.2 Å². The molecule has 27 heteroatoms. The summed E-state index contributed by atoms with van der Waals surface area (Å²) >= 11 is 1.23. The fourth-order valence-corrected chi connectivity index (χ4v) is 15.8. The number of esters is 1. The van der Waals surface area contributed by atoms with E-state index in [1.165, 1.54) is 126 Å². The van der Waals surface area contributed by atoms with Crippen LogP contribution in [0.1, 0.15) is 206 Å². The molecule has 674 valence electrons. The van der Waals surface area contributed by atoms with Gasteiger partial charge in [-0.2, -0.15) is 16.3 Å². The molecule has 9 N–H and O–H groups in total. The van der Waals surface area contributed by atoms with Crippen LogP contribution in [-0.2, 0) is 87.0 Å². The van der Waals surface area contributed by atoms with Crippen LogP contribution in [0.3, 0.4) is 0 Å². The van der Waals surface area contributed by atoms with Gasteiger partial charge in [-0.1, -0.05) is 165 Å². The van der Waals surface area contributed by atoms with Crippen molar-refractivity contribution in [3.63, 3.8) is 0 Å². The number of ketones is 1. The molecule has 6 rings (SSSR count). The van der Waals surface area contributed by atoms with E-state index in [9.17, 15) is 38.7 Å². The predicted octanol–water partition coefficient (Wildman–Crippen LogP) is 12.0. The zero-order valence-electron chi connectivity index (χ0n) is 73.9. The number of likely N-dealkylation sites (N-methyl/N-ethyl adjacent to an activating group) is 1. The topological polar surface area (TPSA) is 327 Å². The van der Waals surface area contributed by atoms with Crippen molar-refractivity contribution < 1.29 is 85.9 Å². The standard InChI is InChI=1S/C94H145N9O17S/c1-8-11-12-13-14-15-16-17-18-19-20-21-22-38-90(110)120-64-65-121-72-80(92(111)99-66-86(106)100-79(67-104)83(105)68-118-69-87(107)97-49-30-54-114-58-62-116-60-56-112-52-28-47-95)101-89(109)71-119-70-88(108)98-50-31-55-115-59-63-117-61-57-113-53-29-48-96-76-43-39-75(40-44-76)91-73(41-45-84-93(4,5)77-34-23-25-36-81(77)102(84)10-3)32-27-33-74(91)42-46-85-94(6,7)78-35-24-26-37-82(78)103(85)51-9-2/h23-26,34-37,39-46,79-80,104H,8-22,27-33,38,47-72,95H2,1-7H3,(H5,97,98,99,100,101,106,107,108,109,111)/p+1/b73-41+,84-45+/t79-,80+/m1/s1. The fraction of sp³-hybridized carbons (Fsp3) is 0.638. The maximum Gasteiger partial charge on any atom is 0.305 e. The molecule has 26 nitrogen and oxygen atoms in total. The summed E-state index contributed by atoms with van der Waals surface area (Å²) in [6, 6.07) is 24.0. The molecule has 2 aliphatic heterocycles. The van der Waals surface area contributed by atoms with Crippen LogP contribution in [0.15, 0.2) is 114 Å². The number of unbranched alkanes of at least 4 members (excludes halogenated alkanes) is 12. The van der Waals surface area contributed by atoms with Crippen LogP contribution in [0.5, 0.6) is 0 Å². The van der Waals surface area contributed by atoms with Gasteiger partial charge in [0, 0.05) is 117 Å². The highest BCUT2D eigenvalue weighted by molar-refractivity contribution is 7.99. The van der Waals surface area contributed by atoms with Crippen molar-refractivity contribution in [1.82, 2.24) is 26.6 Å². The number of para-hydroxylation sites is 2. The minimum atomic E-state index is -1.41. The third kappa shape index (κ3) is 38.6. The predicted molar refractivity (Wildman–Crippen MR) is 481 cm³/mol. The summed E-state index contributed by atoms with van der Waals surface area (Å²) in [4.78, 5) is 92.5. The van der Waals surface area contributed by atoms with Crippen LogP contribution in [0.2, 0.25) is 0 Å². The van der Waals surface area contributed by atoms with Gasteiger partial charge in [0.05, 0.1) is 71.4 Å². The van der Waals surface area contributed by atoms with Crippen molar-refractivity contribution in [2.45, 2.75) is 213 Å². The Morgan fingerprint density at radius 2 is 1.08 bits per heavy atom. The number of carbonyl (C=O) groups excluding carboxylic acids is 7. The van der Waals surface area contributed by atoms with Crippen LogP contribution >= 0.6 is 11.8 Å². The minimum absolute atomic E-state index is 0.0103. The molecule has 0 fully saturated rings. The molecule has 3 aromatic rings. The molecule has 2 atom stereocenters.